The zero-order valence-corrected chi connectivity index (χ0v) is 15.1. The molecule has 4 rings (SSSR count). The molecule has 132 valence electrons. The van der Waals surface area contributed by atoms with E-state index in [1.54, 1.807) is 24.3 Å². The molecule has 0 bridgehead atoms. The first-order chi connectivity index (χ1) is 12.5. The molecule has 0 unspecified atom stereocenters. The molecule has 26 heavy (non-hydrogen) atoms. The van der Waals surface area contributed by atoms with Crippen LogP contribution in [0, 0.1) is 5.92 Å². The lowest BCUT2D eigenvalue weighted by Gasteiger charge is -2.18. The first kappa shape index (κ1) is 16.6. The van der Waals surface area contributed by atoms with Crippen LogP contribution in [0.2, 0.25) is 0 Å². The Morgan fingerprint density at radius 2 is 1.96 bits per heavy atom. The van der Waals surface area contributed by atoms with E-state index in [0.29, 0.717) is 22.7 Å². The number of hydrogen-bond acceptors (Lipinski definition) is 2. The Labute approximate surface area is 152 Å². The average molecular weight is 346 g/mol. The third kappa shape index (κ3) is 3.03. The van der Waals surface area contributed by atoms with Gasteiger partial charge in [0.25, 0.3) is 5.91 Å². The maximum atomic E-state index is 12.7. The number of hydrogen-bond donors (Lipinski definition) is 2. The highest BCUT2D eigenvalue weighted by Crippen LogP contribution is 2.32. The molecule has 0 saturated heterocycles. The summed E-state index contributed by atoms with van der Waals surface area (Å²) in [5, 5.41) is 4.05. The van der Waals surface area contributed by atoms with E-state index >= 15 is 0 Å². The first-order valence-corrected chi connectivity index (χ1v) is 9.07. The van der Waals surface area contributed by atoms with E-state index in [4.69, 9.17) is 0 Å². The standard InChI is InChI=1S/C22H22N2O2/c1-13-6-8-20-18(10-13)19-12-16(7-9-21(19)24-20)22(26)23-17-5-3-4-15(11-17)14(2)25/h3-5,7,9,11-13,24H,6,8,10H2,1-2H3,(H,23,26)/t13-/m1/s1. The Kier molecular flexibility index (Phi) is 4.11. The lowest BCUT2D eigenvalue weighted by atomic mass is 9.87. The van der Waals surface area contributed by atoms with Crippen LogP contribution in [-0.2, 0) is 12.8 Å². The molecule has 0 aliphatic heterocycles. The number of benzene rings is 2. The van der Waals surface area contributed by atoms with Gasteiger partial charge in [-0.2, -0.15) is 0 Å². The van der Waals surface area contributed by atoms with Crippen LogP contribution >= 0.6 is 0 Å². The maximum Gasteiger partial charge on any atom is 0.255 e. The summed E-state index contributed by atoms with van der Waals surface area (Å²) in [6.07, 6.45) is 3.34. The third-order valence-electron chi connectivity index (χ3n) is 5.22. The summed E-state index contributed by atoms with van der Waals surface area (Å²) in [6, 6.07) is 12.8. The van der Waals surface area contributed by atoms with Crippen molar-refractivity contribution in [2.75, 3.05) is 5.32 Å². The molecule has 1 aliphatic rings. The van der Waals surface area contributed by atoms with Crippen molar-refractivity contribution < 1.29 is 9.59 Å². The molecule has 1 atom stereocenters. The van der Waals surface area contributed by atoms with Crippen LogP contribution in [0.1, 0.15) is 52.2 Å². The molecule has 3 aromatic rings. The van der Waals surface area contributed by atoms with Gasteiger partial charge in [-0.25, -0.2) is 0 Å². The van der Waals surface area contributed by atoms with E-state index in [0.717, 1.165) is 23.7 Å². The van der Waals surface area contributed by atoms with Crippen LogP contribution in [0.5, 0.6) is 0 Å². The summed E-state index contributed by atoms with van der Waals surface area (Å²) in [4.78, 5) is 27.7. The number of H-pyrrole nitrogens is 1. The van der Waals surface area contributed by atoms with Gasteiger partial charge in [-0.3, -0.25) is 9.59 Å². The van der Waals surface area contributed by atoms with Gasteiger partial charge in [-0.1, -0.05) is 19.1 Å². The predicted molar refractivity (Wildman–Crippen MR) is 104 cm³/mol. The molecule has 2 aromatic carbocycles. The number of carbonyl (C=O) groups excluding carboxylic acids is 2. The number of carbonyl (C=O) groups is 2. The van der Waals surface area contributed by atoms with Gasteiger partial charge in [-0.05, 0) is 68.0 Å². The molecular weight excluding hydrogens is 324 g/mol. The highest BCUT2D eigenvalue weighted by atomic mass is 16.1. The number of anilines is 1. The number of ketones is 1. The molecule has 4 nitrogen and oxygen atoms in total. The Balaban J connectivity index is 1.64. The number of amides is 1. The van der Waals surface area contributed by atoms with Gasteiger partial charge in [0, 0.05) is 33.4 Å². The molecular formula is C22H22N2O2. The van der Waals surface area contributed by atoms with Crippen LogP contribution in [0.25, 0.3) is 10.9 Å². The van der Waals surface area contributed by atoms with Crippen molar-refractivity contribution in [3.8, 4) is 0 Å². The van der Waals surface area contributed by atoms with Crippen LogP contribution in [0.15, 0.2) is 42.5 Å². The largest absolute Gasteiger partial charge is 0.358 e. The van der Waals surface area contributed by atoms with Crippen LogP contribution in [0.3, 0.4) is 0 Å². The number of aromatic nitrogens is 1. The van der Waals surface area contributed by atoms with E-state index in [2.05, 4.69) is 17.2 Å². The zero-order valence-electron chi connectivity index (χ0n) is 15.1. The molecule has 1 amide bonds. The number of fused-ring (bicyclic) bond motifs is 3. The molecule has 0 radical (unpaired) electrons. The van der Waals surface area contributed by atoms with E-state index in [1.165, 1.54) is 24.6 Å². The van der Waals surface area contributed by atoms with E-state index in [-0.39, 0.29) is 11.7 Å². The number of Topliss-reactive ketones (excluding diaryl/α,β-unsaturated/α-hetero) is 1. The summed E-state index contributed by atoms with van der Waals surface area (Å²) < 4.78 is 0. The normalized spacial score (nSPS) is 16.3. The molecule has 2 N–H and O–H groups in total. The van der Waals surface area contributed by atoms with E-state index < -0.39 is 0 Å². The SMILES string of the molecule is CC(=O)c1cccc(NC(=O)c2ccc3[nH]c4c(c3c2)C[C@H](C)CC4)c1. The highest BCUT2D eigenvalue weighted by Gasteiger charge is 2.20. The van der Waals surface area contributed by atoms with Crippen molar-refractivity contribution in [1.82, 2.24) is 4.98 Å². The molecule has 1 aromatic heterocycles. The second-order valence-electron chi connectivity index (χ2n) is 7.28. The summed E-state index contributed by atoms with van der Waals surface area (Å²) in [6.45, 7) is 3.80. The smallest absolute Gasteiger partial charge is 0.255 e. The maximum absolute atomic E-state index is 12.7. The number of aromatic amines is 1. The van der Waals surface area contributed by atoms with Gasteiger partial charge in [0.15, 0.2) is 5.78 Å². The summed E-state index contributed by atoms with van der Waals surface area (Å²) in [7, 11) is 0. The average Bonchev–Trinajstić information content (AvgIpc) is 2.99. The lowest BCUT2D eigenvalue weighted by molar-refractivity contribution is 0.101. The monoisotopic (exact) mass is 346 g/mol. The summed E-state index contributed by atoms with van der Waals surface area (Å²) >= 11 is 0. The molecule has 0 fully saturated rings. The van der Waals surface area contributed by atoms with Crippen molar-refractivity contribution in [1.29, 1.82) is 0 Å². The summed E-state index contributed by atoms with van der Waals surface area (Å²) in [5.41, 5.74) is 5.61. The summed E-state index contributed by atoms with van der Waals surface area (Å²) in [5.74, 6) is 0.496. The zero-order chi connectivity index (χ0) is 18.3. The number of rotatable bonds is 3. The molecule has 4 heteroatoms. The first-order valence-electron chi connectivity index (χ1n) is 9.07. The van der Waals surface area contributed by atoms with Gasteiger partial charge >= 0.3 is 0 Å². The molecule has 1 aliphatic carbocycles. The Morgan fingerprint density at radius 3 is 2.77 bits per heavy atom. The molecule has 1 heterocycles. The fourth-order valence-corrected chi connectivity index (χ4v) is 3.75. The minimum Gasteiger partial charge on any atom is -0.358 e. The van der Waals surface area contributed by atoms with Crippen LogP contribution in [0.4, 0.5) is 5.69 Å². The van der Waals surface area contributed by atoms with Gasteiger partial charge in [0.1, 0.15) is 0 Å². The van der Waals surface area contributed by atoms with Crippen molar-refractivity contribution in [2.24, 2.45) is 5.92 Å². The van der Waals surface area contributed by atoms with Crippen molar-refractivity contribution in [2.45, 2.75) is 33.1 Å². The number of nitrogens with one attached hydrogen (secondary N) is 2. The fourth-order valence-electron chi connectivity index (χ4n) is 3.75. The van der Waals surface area contributed by atoms with Gasteiger partial charge in [0.2, 0.25) is 0 Å². The second-order valence-corrected chi connectivity index (χ2v) is 7.28. The van der Waals surface area contributed by atoms with Crippen molar-refractivity contribution in [3.63, 3.8) is 0 Å². The second kappa shape index (κ2) is 6.45. The molecule has 0 saturated carbocycles. The third-order valence-corrected chi connectivity index (χ3v) is 5.22. The fraction of sp³-hybridized carbons (Fsp3) is 0.273. The van der Waals surface area contributed by atoms with Crippen molar-refractivity contribution >= 4 is 28.3 Å². The lowest BCUT2D eigenvalue weighted by Crippen LogP contribution is -2.12. The highest BCUT2D eigenvalue weighted by molar-refractivity contribution is 6.07. The van der Waals surface area contributed by atoms with E-state index in [9.17, 15) is 9.59 Å². The van der Waals surface area contributed by atoms with Gasteiger partial charge in [0.05, 0.1) is 0 Å². The van der Waals surface area contributed by atoms with E-state index in [1.807, 2.05) is 18.2 Å². The Bertz CT molecular complexity index is 1020. The topological polar surface area (TPSA) is 62.0 Å². The quantitative estimate of drug-likeness (QED) is 0.672. The molecule has 0 spiro atoms. The van der Waals surface area contributed by atoms with Crippen LogP contribution in [-0.4, -0.2) is 16.7 Å². The minimum atomic E-state index is -0.161. The predicted octanol–water partition coefficient (Wildman–Crippen LogP) is 4.75. The van der Waals surface area contributed by atoms with Crippen LogP contribution < -0.4 is 5.32 Å². The Morgan fingerprint density at radius 1 is 1.12 bits per heavy atom. The van der Waals surface area contributed by atoms with Gasteiger partial charge in [-0.15, -0.1) is 0 Å². The minimum absolute atomic E-state index is 0.0180. The van der Waals surface area contributed by atoms with Crippen molar-refractivity contribution in [3.05, 3.63) is 64.8 Å². The van der Waals surface area contributed by atoms with Gasteiger partial charge < -0.3 is 10.3 Å². The Hall–Kier alpha value is -2.88. The number of aryl methyl sites for hydroxylation is 1.